The van der Waals surface area contributed by atoms with Gasteiger partial charge in [-0.1, -0.05) is 26.8 Å². The van der Waals surface area contributed by atoms with Crippen LogP contribution in [0.5, 0.6) is 0 Å². The van der Waals surface area contributed by atoms with Crippen LogP contribution in [0.3, 0.4) is 0 Å². The van der Waals surface area contributed by atoms with Crippen LogP contribution in [0.1, 0.15) is 137 Å². The molecular weight excluding hydrogens is 1800 g/mol. The van der Waals surface area contributed by atoms with E-state index in [1.807, 2.05) is 25.7 Å². The average Bonchev–Trinajstić information content (AvgIpc) is 1.53. The maximum atomic E-state index is 12.7. The predicted octanol–water partition coefficient (Wildman–Crippen LogP) is 2.22. The molecule has 0 radical (unpaired) electrons. The second-order valence-electron chi connectivity index (χ2n) is 35.0. The molecule has 7 saturated heterocycles. The summed E-state index contributed by atoms with van der Waals surface area (Å²) in [5.74, 6) is -10.4. The van der Waals surface area contributed by atoms with Crippen molar-refractivity contribution in [1.82, 2.24) is 44.3 Å². The van der Waals surface area contributed by atoms with E-state index in [0.717, 1.165) is 62.9 Å². The van der Waals surface area contributed by atoms with E-state index >= 15 is 0 Å². The molecular formula is C83H114N14O26S6. The van der Waals surface area contributed by atoms with Crippen molar-refractivity contribution in [1.29, 1.82) is 5.41 Å². The zero-order valence-corrected chi connectivity index (χ0v) is 77.8. The summed E-state index contributed by atoms with van der Waals surface area (Å²) < 4.78 is 24.4. The fourth-order valence-electron chi connectivity index (χ4n) is 20.0. The number of amides is 7. The van der Waals surface area contributed by atoms with Crippen LogP contribution in [-0.2, 0) is 67.7 Å². The molecule has 0 spiro atoms. The number of carbonyl (C=O) groups excluding carboxylic acids is 7. The van der Waals surface area contributed by atoms with E-state index in [4.69, 9.17) is 21.4 Å². The molecule has 129 heavy (non-hydrogen) atoms. The molecule has 25 atom stereocenters. The lowest BCUT2D eigenvalue weighted by molar-refractivity contribution is -0.163. The number of aliphatic imine (C=N–C) groups is 1. The van der Waals surface area contributed by atoms with Gasteiger partial charge in [0.25, 0.3) is 10.2 Å². The molecule has 12 aliphatic heterocycles. The number of carboxylic acid groups (broad SMARTS) is 6. The van der Waals surface area contributed by atoms with E-state index in [1.165, 1.54) is 109 Å². The van der Waals surface area contributed by atoms with E-state index in [1.54, 1.807) is 65.7 Å². The van der Waals surface area contributed by atoms with Crippen LogP contribution in [0.25, 0.3) is 0 Å². The highest BCUT2D eigenvalue weighted by Gasteiger charge is 2.65. The molecule has 40 nitrogen and oxygen atoms in total. The van der Waals surface area contributed by atoms with Gasteiger partial charge in [0.2, 0.25) is 41.4 Å². The number of amidine groups is 1. The summed E-state index contributed by atoms with van der Waals surface area (Å²) in [6.45, 7) is 18.0. The number of aliphatic hydroxyl groups is 5. The van der Waals surface area contributed by atoms with Gasteiger partial charge < -0.3 is 107 Å². The highest BCUT2D eigenvalue weighted by molar-refractivity contribution is 8.04. The van der Waals surface area contributed by atoms with Gasteiger partial charge in [-0.05, 0) is 117 Å². The van der Waals surface area contributed by atoms with Crippen molar-refractivity contribution in [3.05, 3.63) is 82.8 Å². The summed E-state index contributed by atoms with van der Waals surface area (Å²) in [7, 11) is -0.219. The highest BCUT2D eigenvalue weighted by Crippen LogP contribution is 2.57. The number of benzene rings is 1. The zero-order chi connectivity index (χ0) is 95.2. The number of aromatic carboxylic acids is 1. The van der Waals surface area contributed by atoms with E-state index in [0.29, 0.717) is 69.2 Å². The molecule has 46 heteroatoms. The van der Waals surface area contributed by atoms with Crippen LogP contribution in [0, 0.1) is 64.6 Å². The fraction of sp³-hybridized carbons (Fsp3) is 0.627. The van der Waals surface area contributed by atoms with Gasteiger partial charge in [-0.2, -0.15) is 8.42 Å². The maximum absolute atomic E-state index is 12.7. The minimum absolute atomic E-state index is 0.0167. The molecule has 15 rings (SSSR count). The SMILES string of the molecule is CC(=N)N1CC[C@H](SC2=C(C(=O)O)N3C(=O)[C@H]([C@@H](C)O)[C@H]3C2)C1.C[C@@H](O)[C@H]1C(=O)N2C(C(=O)O)=C(SCCN=CN)C[C@H]12.C[C@@H](O)[C@H]1C(=O)N2C(C(=O)O)=C(S[C@@H]3CC[C@H](C(=O)N(C)C)C3)[C@H](C)[C@H]12.C[C@@H](O)[C@H]1C(=O)N2C(C(=O)O)=C(S[C@@H]3CC[C@H](CNS(N)(=O)=O)C3)[C@H](C)[C@H]12.C[C@@H](O)[C@H]1C(=O)N2C(C(=O)O)=C(S[C@@H]3CN[C@H](C(=O)Nc4cccc(C(=O)O)c4)C3)[C@H](C)[C@H]12. The quantitative estimate of drug-likeness (QED) is 0.0237. The van der Waals surface area contributed by atoms with Crippen LogP contribution < -0.4 is 26.2 Å². The van der Waals surface area contributed by atoms with Crippen molar-refractivity contribution >= 4 is 164 Å². The third kappa shape index (κ3) is 20.8. The van der Waals surface area contributed by atoms with Crippen LogP contribution in [0.2, 0.25) is 0 Å². The normalized spacial score (nSPS) is 31.5. The maximum Gasteiger partial charge on any atom is 0.353 e. The number of nitrogens with zero attached hydrogens (tertiary/aromatic N) is 8. The van der Waals surface area contributed by atoms with E-state index < -0.39 is 112 Å². The lowest BCUT2D eigenvalue weighted by atomic mass is 9.79. The zero-order valence-electron chi connectivity index (χ0n) is 72.9. The van der Waals surface area contributed by atoms with E-state index in [2.05, 4.69) is 20.3 Å². The summed E-state index contributed by atoms with van der Waals surface area (Å²) >= 11 is 7.24. The van der Waals surface area contributed by atoms with Crippen molar-refractivity contribution in [3.8, 4) is 0 Å². The van der Waals surface area contributed by atoms with Gasteiger partial charge in [-0.3, -0.25) is 44.0 Å². The Kier molecular flexibility index (Phi) is 32.3. The molecule has 2 aliphatic carbocycles. The monoisotopic (exact) mass is 1910 g/mol. The Balaban J connectivity index is 0.000000157. The number of carbonyl (C=O) groups is 13. The molecule has 12 heterocycles. The highest BCUT2D eigenvalue weighted by atomic mass is 32.2. The van der Waals surface area contributed by atoms with Crippen LogP contribution >= 0.6 is 58.8 Å². The molecule has 1 aromatic rings. The smallest absolute Gasteiger partial charge is 0.353 e. The summed E-state index contributed by atoms with van der Waals surface area (Å²) in [4.78, 5) is 173. The van der Waals surface area contributed by atoms with Crippen molar-refractivity contribution in [3.63, 3.8) is 0 Å². The third-order valence-corrected chi connectivity index (χ3v) is 33.9. The molecule has 1 aromatic carbocycles. The van der Waals surface area contributed by atoms with Crippen LogP contribution in [0.4, 0.5) is 5.69 Å². The van der Waals surface area contributed by atoms with Crippen molar-refractivity contribution in [2.24, 2.45) is 75.0 Å². The van der Waals surface area contributed by atoms with Crippen molar-refractivity contribution < 1.29 is 127 Å². The fourth-order valence-corrected chi connectivity index (χ4v) is 27.7. The Morgan fingerprint density at radius 1 is 0.574 bits per heavy atom. The average molecular weight is 1920 g/mol. The number of hydrogen-bond donors (Lipinski definition) is 17. The summed E-state index contributed by atoms with van der Waals surface area (Å²) in [6.07, 6.45) is 4.35. The lowest BCUT2D eigenvalue weighted by Gasteiger charge is -2.46. The van der Waals surface area contributed by atoms with Gasteiger partial charge in [-0.25, -0.2) is 38.6 Å². The number of fused-ring (bicyclic) bond motifs is 5. The number of hydrogen-bond acceptors (Lipinski definition) is 28. The van der Waals surface area contributed by atoms with Gasteiger partial charge in [-0.15, -0.1) is 58.8 Å². The van der Waals surface area contributed by atoms with Crippen molar-refractivity contribution in [2.75, 3.05) is 57.9 Å². The van der Waals surface area contributed by atoms with Crippen LogP contribution in [-0.4, -0.2) is 329 Å². The minimum Gasteiger partial charge on any atom is -0.478 e. The lowest BCUT2D eigenvalue weighted by Crippen LogP contribution is -2.63. The number of nitrogens with one attached hydrogen (secondary N) is 4. The number of nitrogens with two attached hydrogens (primary N) is 2. The number of rotatable bonds is 29. The number of thioether (sulfide) groups is 5. The van der Waals surface area contributed by atoms with Gasteiger partial charge in [0, 0.05) is 134 Å². The van der Waals surface area contributed by atoms with Gasteiger partial charge in [0.05, 0.1) is 121 Å². The second kappa shape index (κ2) is 41.2. The Hall–Kier alpha value is -8.65. The van der Waals surface area contributed by atoms with Crippen LogP contribution in [0.15, 0.2) is 82.3 Å². The molecule has 0 aromatic heterocycles. The summed E-state index contributed by atoms with van der Waals surface area (Å²) in [5.41, 5.74) is 5.80. The number of aliphatic carboxylic acids is 5. The van der Waals surface area contributed by atoms with E-state index in [9.17, 15) is 122 Å². The first kappa shape index (κ1) is 101. The first-order chi connectivity index (χ1) is 60.5. The van der Waals surface area contributed by atoms with Gasteiger partial charge in [0.15, 0.2) is 0 Å². The molecule has 2 saturated carbocycles. The number of likely N-dealkylation sites (tertiary alicyclic amines) is 1. The number of carboxylic acids is 6. The van der Waals surface area contributed by atoms with Gasteiger partial charge in [0.1, 0.15) is 28.5 Å². The summed E-state index contributed by atoms with van der Waals surface area (Å²) in [6, 6.07) is 4.03. The van der Waals surface area contributed by atoms with E-state index in [-0.39, 0.29) is 163 Å². The number of β-lactam (4-membered cyclic amide) rings is 5. The molecule has 0 unspecified atom stereocenters. The Labute approximate surface area is 766 Å². The Morgan fingerprint density at radius 2 is 1.01 bits per heavy atom. The predicted molar refractivity (Wildman–Crippen MR) is 477 cm³/mol. The topological polar surface area (TPSA) is 626 Å². The molecule has 14 aliphatic rings. The first-order valence-corrected chi connectivity index (χ1v) is 48.7. The third-order valence-electron chi connectivity index (χ3n) is 26.2. The second-order valence-corrected chi connectivity index (χ2v) is 43.0. The largest absolute Gasteiger partial charge is 0.478 e. The summed E-state index contributed by atoms with van der Waals surface area (Å²) in [5, 5.41) is 125. The molecule has 9 fully saturated rings. The molecule has 0 bridgehead atoms. The standard InChI is InChI=1S/C22H25N3O7S.C18H26N2O5S.C16H25N3O6S2.C15H21N3O4S.C12H17N3O4S/c1-9-16-15(10(2)26)20(28)25(16)17(22(31)32)18(9)33-13-7-14(23-8-13)19(27)24-12-5-3-4-11(6-12)21(29)30;1-8-13-12(9(2)21)17(23)20(13)14(18(24)25)15(8)26-11-6-5-10(7-11)16(22)19(3)4;1-7-12-11(8(2)20)15(21)19(12)13(16(22)23)14(7)26-10-4-3-9(5-10)6-18-27(17,24)25;1-7(19)12-10-5-11(13(15(21)22)18(10)14(12)20)23-9-3-4-17(6-9)8(2)16;1-6(16)9-7-4-8(20-3-2-14-5-13)10(12(18)19)15(7)11(9)17/h3-6,9-10,13-16,23,26H,7-8H2,1-2H3,(H,24,27)(H,29,30)(H,31,32);8-13,21H,5-7H2,1-4H3,(H,24,25);7-12,18,20H,3-6H2,1-2H3,(H,22,23)(H2,17,24,25);7,9-10,12,16,19H,3-6H2,1-2H3,(H,21,22);5-7,9,16H,2-4H2,1H3,(H2,13,14)(H,18,19)/t9-,10-,13+,14+,15-,16-;8-,9-,10+,11-,12-,13-;7-,8-,9+,10-,11-,12-;7-,9+,10-,12-;6-,7-,9-/m11111/s1. The number of aliphatic hydroxyl groups excluding tert-OH is 5. The number of anilines is 1. The molecule has 7 amide bonds. The molecule has 19 N–H and O–H groups in total. The van der Waals surface area contributed by atoms with Gasteiger partial charge >= 0.3 is 35.8 Å². The Bertz CT molecular complexity index is 4980. The minimum atomic E-state index is -3.72. The Morgan fingerprint density at radius 3 is 1.43 bits per heavy atom. The molecule has 708 valence electrons. The van der Waals surface area contributed by atoms with Crippen molar-refractivity contribution in [2.45, 2.75) is 214 Å². The first-order valence-electron chi connectivity index (χ1n) is 42.6.